The largest absolute Gasteiger partial charge is 0.417 e. The van der Waals surface area contributed by atoms with Gasteiger partial charge in [-0.25, -0.2) is 22.0 Å². The molecular weight excluding hydrogens is 941 g/mol. The van der Waals surface area contributed by atoms with Gasteiger partial charge in [0.05, 0.1) is 66.6 Å². The molecule has 0 saturated heterocycles. The van der Waals surface area contributed by atoms with Crippen molar-refractivity contribution in [3.05, 3.63) is 229 Å². The van der Waals surface area contributed by atoms with Crippen LogP contribution in [0.2, 0.25) is 0 Å². The zero-order valence-corrected chi connectivity index (χ0v) is 37.8. The molecule has 73 heavy (non-hydrogen) atoms. The van der Waals surface area contributed by atoms with Crippen molar-refractivity contribution in [2.45, 2.75) is 6.18 Å². The first kappa shape index (κ1) is 42.7. The Bertz CT molecular complexity index is 4550. The van der Waals surface area contributed by atoms with Crippen molar-refractivity contribution >= 4 is 87.2 Å². The van der Waals surface area contributed by atoms with Crippen LogP contribution in [0.3, 0.4) is 0 Å². The van der Waals surface area contributed by atoms with E-state index >= 15 is 30.7 Å². The predicted octanol–water partition coefficient (Wildman–Crippen LogP) is 17.5. The van der Waals surface area contributed by atoms with E-state index in [2.05, 4.69) is 9.13 Å². The summed E-state index contributed by atoms with van der Waals surface area (Å²) >= 11 is 0. The molecule has 0 aliphatic rings. The van der Waals surface area contributed by atoms with Crippen molar-refractivity contribution in [3.63, 3.8) is 0 Å². The third kappa shape index (κ3) is 6.00. The summed E-state index contributed by atoms with van der Waals surface area (Å²) in [5, 5.41) is 6.85. The highest BCUT2D eigenvalue weighted by Crippen LogP contribution is 2.47. The van der Waals surface area contributed by atoms with Gasteiger partial charge in [-0.3, -0.25) is 0 Å². The zero-order valence-electron chi connectivity index (χ0n) is 37.8. The maximum Gasteiger partial charge on any atom is 0.417 e. The number of nitrogens with zero attached hydrogens (tertiary/aromatic N) is 4. The summed E-state index contributed by atoms with van der Waals surface area (Å²) in [5.74, 6) is -12.0. The minimum atomic E-state index is -5.37. The number of hydrogen-bond acceptors (Lipinski definition) is 0. The summed E-state index contributed by atoms with van der Waals surface area (Å²) in [6.07, 6.45) is -5.37. The van der Waals surface area contributed by atoms with Gasteiger partial charge in [-0.15, -0.1) is 0 Å². The third-order valence-corrected chi connectivity index (χ3v) is 14.4. The average molecular weight is 973 g/mol. The topological polar surface area (TPSA) is 19.7 Å². The van der Waals surface area contributed by atoms with Gasteiger partial charge in [0, 0.05) is 60.0 Å². The average Bonchev–Trinajstić information content (AvgIpc) is 4.14. The summed E-state index contributed by atoms with van der Waals surface area (Å²) in [5.41, 5.74) is 2.64. The van der Waals surface area contributed by atoms with Crippen LogP contribution in [0.4, 0.5) is 35.1 Å². The summed E-state index contributed by atoms with van der Waals surface area (Å²) < 4.78 is 132. The van der Waals surface area contributed by atoms with Crippen molar-refractivity contribution in [1.29, 1.82) is 0 Å². The van der Waals surface area contributed by atoms with E-state index in [9.17, 15) is 4.39 Å². The lowest BCUT2D eigenvalue weighted by Gasteiger charge is -2.23. The second kappa shape index (κ2) is 15.4. The molecular formula is C61H32F8N4. The molecule has 4 nitrogen and oxygen atoms in total. The van der Waals surface area contributed by atoms with Crippen molar-refractivity contribution in [3.8, 4) is 33.9 Å². The number of hydrogen-bond donors (Lipinski definition) is 0. The number of rotatable bonds is 5. The Morgan fingerprint density at radius 3 is 0.918 bits per heavy atom. The Hall–Kier alpha value is -9.16. The van der Waals surface area contributed by atoms with Gasteiger partial charge in [0.1, 0.15) is 0 Å². The molecule has 0 unspecified atom stereocenters. The van der Waals surface area contributed by atoms with Crippen LogP contribution >= 0.6 is 0 Å². The summed E-state index contributed by atoms with van der Waals surface area (Å²) in [6.45, 7) is 0. The van der Waals surface area contributed by atoms with Crippen LogP contribution in [-0.2, 0) is 6.18 Å². The maximum atomic E-state index is 16.1. The maximum absolute atomic E-state index is 16.1. The fraction of sp³-hybridized carbons (Fsp3) is 0.0164. The molecule has 0 N–H and O–H groups in total. The van der Waals surface area contributed by atoms with Crippen LogP contribution in [0.5, 0.6) is 0 Å². The van der Waals surface area contributed by atoms with Crippen molar-refractivity contribution in [2.24, 2.45) is 0 Å². The standard InChI is InChI=1S/C61H32F8N4/c62-56-55(57(63)59(65)60(66)58(56)64)43-31-53(72-49-23-11-5-17-39(49)41-29-33(25-27-51(41)72)70-45-19-7-1-13-35(45)36-14-2-8-20-46(36)70)54(32-44(43)61(67,68)69)73-50-24-12-6-18-40(50)42-30-34(26-28-52(42)73)71-47-21-9-3-15-37(47)38-16-4-10-22-48(38)71/h1-32H. The number of fused-ring (bicyclic) bond motifs is 12. The van der Waals surface area contributed by atoms with Gasteiger partial charge in [-0.1, -0.05) is 109 Å². The van der Waals surface area contributed by atoms with E-state index in [0.717, 1.165) is 67.1 Å². The van der Waals surface area contributed by atoms with Crippen molar-refractivity contribution in [1.82, 2.24) is 18.3 Å². The Kier molecular flexibility index (Phi) is 9.02. The van der Waals surface area contributed by atoms with Crippen LogP contribution in [0.1, 0.15) is 5.56 Å². The predicted molar refractivity (Wildman–Crippen MR) is 274 cm³/mol. The summed E-state index contributed by atoms with van der Waals surface area (Å²) in [4.78, 5) is 0. The minimum Gasteiger partial charge on any atom is -0.309 e. The number of alkyl halides is 3. The highest BCUT2D eigenvalue weighted by Gasteiger charge is 2.39. The van der Waals surface area contributed by atoms with Gasteiger partial charge in [-0.2, -0.15) is 13.2 Å². The van der Waals surface area contributed by atoms with E-state index in [1.165, 1.54) is 0 Å². The monoisotopic (exact) mass is 972 g/mol. The van der Waals surface area contributed by atoms with E-state index in [1.807, 2.05) is 158 Å². The van der Waals surface area contributed by atoms with Gasteiger partial charge < -0.3 is 18.3 Å². The SMILES string of the molecule is Fc1c(F)c(F)c(-c2cc(-n3c4ccccc4c4cc(-n5c6ccccc6c6ccccc65)ccc43)c(-n3c4ccccc4c4cc(-n5c6ccccc6c6ccccc65)ccc43)cc2C(F)(F)F)c(F)c1F. The highest BCUT2D eigenvalue weighted by molar-refractivity contribution is 6.15. The minimum absolute atomic E-state index is 0.0307. The lowest BCUT2D eigenvalue weighted by Crippen LogP contribution is -2.14. The fourth-order valence-electron chi connectivity index (χ4n) is 11.3. The van der Waals surface area contributed by atoms with Crippen LogP contribution in [0, 0.1) is 29.1 Å². The first-order chi connectivity index (χ1) is 35.5. The summed E-state index contributed by atoms with van der Waals surface area (Å²) in [6, 6.07) is 59.5. The molecule has 4 heterocycles. The molecule has 0 spiro atoms. The number of benzene rings is 10. The Morgan fingerprint density at radius 2 is 0.562 bits per heavy atom. The molecule has 0 bridgehead atoms. The van der Waals surface area contributed by atoms with Crippen LogP contribution in [0.15, 0.2) is 194 Å². The second-order valence-corrected chi connectivity index (χ2v) is 18.2. The number of para-hydroxylation sites is 6. The van der Waals surface area contributed by atoms with Gasteiger partial charge in [0.2, 0.25) is 5.82 Å². The molecule has 0 amide bonds. The smallest absolute Gasteiger partial charge is 0.309 e. The molecule has 12 heteroatoms. The highest BCUT2D eigenvalue weighted by atomic mass is 19.4. The molecule has 0 radical (unpaired) electrons. The molecule has 0 aliphatic carbocycles. The fourth-order valence-corrected chi connectivity index (χ4v) is 11.3. The number of aromatic nitrogens is 4. The van der Waals surface area contributed by atoms with E-state index < -0.39 is 52.0 Å². The van der Waals surface area contributed by atoms with Crippen LogP contribution in [0.25, 0.3) is 121 Å². The molecule has 4 aromatic heterocycles. The normalized spacial score (nSPS) is 12.4. The molecule has 14 rings (SSSR count). The summed E-state index contributed by atoms with van der Waals surface area (Å²) in [7, 11) is 0. The first-order valence-corrected chi connectivity index (χ1v) is 23.3. The lowest BCUT2D eigenvalue weighted by atomic mass is 9.95. The van der Waals surface area contributed by atoms with Crippen LogP contribution < -0.4 is 0 Å². The van der Waals surface area contributed by atoms with E-state index in [0.29, 0.717) is 43.6 Å². The molecule has 0 aliphatic heterocycles. The van der Waals surface area contributed by atoms with Crippen molar-refractivity contribution < 1.29 is 35.1 Å². The third-order valence-electron chi connectivity index (χ3n) is 14.4. The Balaban J connectivity index is 1.11. The molecule has 0 atom stereocenters. The molecule has 352 valence electrons. The number of halogens is 8. The van der Waals surface area contributed by atoms with Gasteiger partial charge in [0.15, 0.2) is 23.3 Å². The van der Waals surface area contributed by atoms with Gasteiger partial charge in [0.25, 0.3) is 0 Å². The first-order valence-electron chi connectivity index (χ1n) is 23.3. The van der Waals surface area contributed by atoms with Gasteiger partial charge in [-0.05, 0) is 84.9 Å². The van der Waals surface area contributed by atoms with Crippen molar-refractivity contribution in [2.75, 3.05) is 0 Å². The second-order valence-electron chi connectivity index (χ2n) is 18.2. The molecule has 0 saturated carbocycles. The quantitative estimate of drug-likeness (QED) is 0.0930. The Labute approximate surface area is 408 Å². The lowest BCUT2D eigenvalue weighted by molar-refractivity contribution is -0.137. The van der Waals surface area contributed by atoms with E-state index in [1.54, 1.807) is 33.4 Å². The van der Waals surface area contributed by atoms with Crippen LogP contribution in [-0.4, -0.2) is 18.3 Å². The molecule has 10 aromatic carbocycles. The molecule has 0 fully saturated rings. The van der Waals surface area contributed by atoms with Gasteiger partial charge >= 0.3 is 6.18 Å². The molecule has 14 aromatic rings. The zero-order chi connectivity index (χ0) is 49.6. The van der Waals surface area contributed by atoms with E-state index in [-0.39, 0.29) is 11.4 Å². The van der Waals surface area contributed by atoms with E-state index in [4.69, 9.17) is 0 Å². The Morgan fingerprint density at radius 1 is 0.274 bits per heavy atom.